The first kappa shape index (κ1) is 14.2. The Morgan fingerprint density at radius 2 is 2.30 bits per heavy atom. The van der Waals surface area contributed by atoms with Crippen molar-refractivity contribution in [2.24, 2.45) is 0 Å². The molecule has 0 fully saturated rings. The van der Waals surface area contributed by atoms with Crippen molar-refractivity contribution in [2.45, 2.75) is 26.2 Å². The molecule has 0 aliphatic heterocycles. The van der Waals surface area contributed by atoms with Crippen LogP contribution in [0.4, 0.5) is 4.39 Å². The molecule has 0 N–H and O–H groups in total. The van der Waals surface area contributed by atoms with Crippen molar-refractivity contribution in [3.8, 4) is 0 Å². The van der Waals surface area contributed by atoms with Gasteiger partial charge in [-0.05, 0) is 31.5 Å². The summed E-state index contributed by atoms with van der Waals surface area (Å²) in [7, 11) is 0. The van der Waals surface area contributed by atoms with Crippen LogP contribution in [0.25, 0.3) is 0 Å². The van der Waals surface area contributed by atoms with Gasteiger partial charge in [0.05, 0.1) is 6.61 Å². The van der Waals surface area contributed by atoms with E-state index in [1.54, 1.807) is 26.0 Å². The van der Waals surface area contributed by atoms with E-state index >= 15 is 0 Å². The summed E-state index contributed by atoms with van der Waals surface area (Å²) in [4.78, 5) is 15.7. The number of nitrogens with zero attached hydrogens (tertiary/aromatic N) is 2. The first-order valence-electron chi connectivity index (χ1n) is 6.33. The van der Waals surface area contributed by atoms with Gasteiger partial charge < -0.3 is 9.26 Å². The molecule has 0 amide bonds. The molecule has 2 rings (SSSR count). The Hall–Kier alpha value is -2.24. The van der Waals surface area contributed by atoms with Crippen LogP contribution in [-0.4, -0.2) is 22.7 Å². The molecule has 5 nitrogen and oxygen atoms in total. The fourth-order valence-electron chi connectivity index (χ4n) is 1.71. The molecule has 0 saturated heterocycles. The lowest BCUT2D eigenvalue weighted by molar-refractivity contribution is -0.145. The fraction of sp³-hybridized carbons (Fsp3) is 0.357. The molecule has 6 heteroatoms. The minimum absolute atomic E-state index is 0.204. The number of hydrogen-bond acceptors (Lipinski definition) is 5. The van der Waals surface area contributed by atoms with Gasteiger partial charge in [-0.1, -0.05) is 17.3 Å². The largest absolute Gasteiger partial charge is 0.465 e. The highest BCUT2D eigenvalue weighted by molar-refractivity contribution is 5.76. The number of carbonyl (C=O) groups excluding carboxylic acids is 1. The molecule has 0 spiro atoms. The van der Waals surface area contributed by atoms with Gasteiger partial charge in [0.1, 0.15) is 11.7 Å². The zero-order valence-corrected chi connectivity index (χ0v) is 11.3. The molecule has 1 aromatic carbocycles. The van der Waals surface area contributed by atoms with Crippen molar-refractivity contribution in [3.05, 3.63) is 47.4 Å². The maximum absolute atomic E-state index is 13.1. The fourth-order valence-corrected chi connectivity index (χ4v) is 1.71. The van der Waals surface area contributed by atoms with Gasteiger partial charge in [-0.3, -0.25) is 4.79 Å². The summed E-state index contributed by atoms with van der Waals surface area (Å²) in [5.41, 5.74) is 0.737. The number of ether oxygens (including phenoxy) is 1. The van der Waals surface area contributed by atoms with Gasteiger partial charge in [0.2, 0.25) is 5.89 Å². The van der Waals surface area contributed by atoms with Gasteiger partial charge in [-0.2, -0.15) is 4.98 Å². The van der Waals surface area contributed by atoms with Crippen LogP contribution in [0.2, 0.25) is 0 Å². The molecule has 0 bridgehead atoms. The van der Waals surface area contributed by atoms with Crippen molar-refractivity contribution in [1.82, 2.24) is 10.1 Å². The standard InChI is InChI=1S/C14H15FN2O3/c1-3-19-14(18)9(2)13-16-12(17-20-13)8-10-5-4-6-11(15)7-10/h4-7,9H,3,8H2,1-2H3. The minimum Gasteiger partial charge on any atom is -0.465 e. The molecule has 1 atom stereocenters. The molecule has 1 heterocycles. The molecular formula is C14H15FN2O3. The van der Waals surface area contributed by atoms with Crippen LogP contribution in [0.5, 0.6) is 0 Å². The van der Waals surface area contributed by atoms with E-state index in [9.17, 15) is 9.18 Å². The monoisotopic (exact) mass is 278 g/mol. The molecule has 2 aromatic rings. The zero-order valence-electron chi connectivity index (χ0n) is 11.3. The third-order valence-corrected chi connectivity index (χ3v) is 2.75. The first-order valence-corrected chi connectivity index (χ1v) is 6.33. The van der Waals surface area contributed by atoms with Crippen molar-refractivity contribution < 1.29 is 18.4 Å². The molecule has 0 aliphatic rings. The summed E-state index contributed by atoms with van der Waals surface area (Å²) in [6.07, 6.45) is 0.344. The second-order valence-electron chi connectivity index (χ2n) is 4.33. The Bertz CT molecular complexity index is 598. The third kappa shape index (κ3) is 3.40. The quantitative estimate of drug-likeness (QED) is 0.786. The van der Waals surface area contributed by atoms with Crippen LogP contribution in [0, 0.1) is 5.82 Å². The highest BCUT2D eigenvalue weighted by atomic mass is 19.1. The average Bonchev–Trinajstić information content (AvgIpc) is 2.86. The van der Waals surface area contributed by atoms with E-state index in [1.807, 2.05) is 0 Å². The van der Waals surface area contributed by atoms with Gasteiger partial charge in [0.15, 0.2) is 5.82 Å². The molecule has 0 radical (unpaired) electrons. The summed E-state index contributed by atoms with van der Waals surface area (Å²) >= 11 is 0. The molecule has 0 saturated carbocycles. The lowest BCUT2D eigenvalue weighted by Crippen LogP contribution is -2.13. The molecule has 20 heavy (non-hydrogen) atoms. The van der Waals surface area contributed by atoms with Crippen LogP contribution in [0.3, 0.4) is 0 Å². The van der Waals surface area contributed by atoms with Gasteiger partial charge in [-0.25, -0.2) is 4.39 Å². The zero-order chi connectivity index (χ0) is 14.5. The maximum Gasteiger partial charge on any atom is 0.318 e. The minimum atomic E-state index is -0.608. The number of benzene rings is 1. The number of rotatable bonds is 5. The van der Waals surface area contributed by atoms with Crippen LogP contribution in [-0.2, 0) is 16.0 Å². The summed E-state index contributed by atoms with van der Waals surface area (Å²) in [5, 5.41) is 3.79. The Balaban J connectivity index is 2.07. The number of aromatic nitrogens is 2. The highest BCUT2D eigenvalue weighted by Crippen LogP contribution is 2.16. The van der Waals surface area contributed by atoms with Crippen LogP contribution in [0.15, 0.2) is 28.8 Å². The molecule has 0 aliphatic carbocycles. The lowest BCUT2D eigenvalue weighted by Gasteiger charge is -2.04. The summed E-state index contributed by atoms with van der Waals surface area (Å²) < 4.78 is 23.0. The summed E-state index contributed by atoms with van der Waals surface area (Å²) in [6.45, 7) is 3.67. The summed E-state index contributed by atoms with van der Waals surface area (Å²) in [5.74, 6) is -0.722. The molecular weight excluding hydrogens is 263 g/mol. The SMILES string of the molecule is CCOC(=O)C(C)c1nc(Cc2cccc(F)c2)no1. The second-order valence-corrected chi connectivity index (χ2v) is 4.33. The van der Waals surface area contributed by atoms with Crippen molar-refractivity contribution in [1.29, 1.82) is 0 Å². The maximum atomic E-state index is 13.1. The summed E-state index contributed by atoms with van der Waals surface area (Å²) in [6, 6.07) is 6.17. The predicted octanol–water partition coefficient (Wildman–Crippen LogP) is 2.47. The number of hydrogen-bond donors (Lipinski definition) is 0. The van der Waals surface area contributed by atoms with Crippen molar-refractivity contribution in [3.63, 3.8) is 0 Å². The topological polar surface area (TPSA) is 65.2 Å². The average molecular weight is 278 g/mol. The van der Waals surface area contributed by atoms with Gasteiger partial charge in [0, 0.05) is 6.42 Å². The van der Waals surface area contributed by atoms with Crippen LogP contribution in [0.1, 0.15) is 37.0 Å². The highest BCUT2D eigenvalue weighted by Gasteiger charge is 2.23. The Morgan fingerprint density at radius 3 is 3.00 bits per heavy atom. The van der Waals surface area contributed by atoms with E-state index in [2.05, 4.69) is 10.1 Å². The lowest BCUT2D eigenvalue weighted by atomic mass is 10.1. The van der Waals surface area contributed by atoms with Gasteiger partial charge >= 0.3 is 5.97 Å². The van der Waals surface area contributed by atoms with E-state index in [0.29, 0.717) is 18.9 Å². The van der Waals surface area contributed by atoms with E-state index in [-0.39, 0.29) is 11.7 Å². The molecule has 106 valence electrons. The Kier molecular flexibility index (Phi) is 4.45. The number of halogens is 1. The predicted molar refractivity (Wildman–Crippen MR) is 68.6 cm³/mol. The van der Waals surface area contributed by atoms with Crippen molar-refractivity contribution in [2.75, 3.05) is 6.61 Å². The van der Waals surface area contributed by atoms with Gasteiger partial charge in [-0.15, -0.1) is 0 Å². The molecule has 1 unspecified atom stereocenters. The van der Waals surface area contributed by atoms with E-state index in [4.69, 9.17) is 9.26 Å². The van der Waals surface area contributed by atoms with E-state index in [0.717, 1.165) is 5.56 Å². The smallest absolute Gasteiger partial charge is 0.318 e. The number of esters is 1. The van der Waals surface area contributed by atoms with Crippen LogP contribution < -0.4 is 0 Å². The first-order chi connectivity index (χ1) is 9.60. The number of carbonyl (C=O) groups is 1. The van der Waals surface area contributed by atoms with Gasteiger partial charge in [0.25, 0.3) is 0 Å². The Morgan fingerprint density at radius 1 is 1.50 bits per heavy atom. The molecule has 1 aromatic heterocycles. The Labute approximate surface area is 115 Å². The normalized spacial score (nSPS) is 12.2. The third-order valence-electron chi connectivity index (χ3n) is 2.75. The second kappa shape index (κ2) is 6.27. The van der Waals surface area contributed by atoms with Crippen LogP contribution >= 0.6 is 0 Å². The van der Waals surface area contributed by atoms with E-state index < -0.39 is 11.9 Å². The van der Waals surface area contributed by atoms with E-state index in [1.165, 1.54) is 12.1 Å². The van der Waals surface area contributed by atoms with Crippen molar-refractivity contribution >= 4 is 5.97 Å².